The van der Waals surface area contributed by atoms with Gasteiger partial charge in [-0.1, -0.05) is 0 Å². The molecule has 1 unspecified atom stereocenters. The topological polar surface area (TPSA) is 69.4 Å². The number of ketones is 1. The fraction of sp³-hybridized carbons (Fsp3) is 0.667. The van der Waals surface area contributed by atoms with E-state index in [1.54, 1.807) is 0 Å². The average molecular weight is 145 g/mol. The van der Waals surface area contributed by atoms with Gasteiger partial charge >= 0.3 is 5.97 Å². The van der Waals surface area contributed by atoms with Crippen LogP contribution in [0.15, 0.2) is 0 Å². The van der Waals surface area contributed by atoms with Gasteiger partial charge in [0.15, 0.2) is 5.78 Å². The molecule has 0 fully saturated rings. The molecule has 0 aromatic heterocycles. The SMILES string of the molecule is CC(=O)COC(=O)C(C)N. The van der Waals surface area contributed by atoms with Crippen LogP contribution < -0.4 is 5.73 Å². The maximum atomic E-state index is 10.5. The second-order valence-electron chi connectivity index (χ2n) is 2.10. The quantitative estimate of drug-likeness (QED) is 0.542. The lowest BCUT2D eigenvalue weighted by Gasteiger charge is -2.03. The summed E-state index contributed by atoms with van der Waals surface area (Å²) in [5.41, 5.74) is 5.14. The Morgan fingerprint density at radius 1 is 1.60 bits per heavy atom. The lowest BCUT2D eigenvalue weighted by Crippen LogP contribution is -2.29. The highest BCUT2D eigenvalue weighted by molar-refractivity contribution is 5.81. The minimum atomic E-state index is -0.653. The Hall–Kier alpha value is -0.900. The summed E-state index contributed by atoms with van der Waals surface area (Å²) in [6.07, 6.45) is 0. The van der Waals surface area contributed by atoms with Gasteiger partial charge in [-0.15, -0.1) is 0 Å². The normalized spacial score (nSPS) is 12.3. The molecule has 0 bridgehead atoms. The lowest BCUT2D eigenvalue weighted by atomic mass is 10.4. The molecule has 0 aliphatic carbocycles. The first-order chi connectivity index (χ1) is 4.54. The largest absolute Gasteiger partial charge is 0.457 e. The minimum Gasteiger partial charge on any atom is -0.457 e. The maximum Gasteiger partial charge on any atom is 0.323 e. The van der Waals surface area contributed by atoms with Gasteiger partial charge in [-0.05, 0) is 13.8 Å². The van der Waals surface area contributed by atoms with E-state index < -0.39 is 12.0 Å². The van der Waals surface area contributed by atoms with Crippen LogP contribution in [-0.4, -0.2) is 24.4 Å². The third-order valence-electron chi connectivity index (χ3n) is 0.789. The van der Waals surface area contributed by atoms with E-state index in [0.717, 1.165) is 0 Å². The van der Waals surface area contributed by atoms with E-state index in [9.17, 15) is 9.59 Å². The first-order valence-electron chi connectivity index (χ1n) is 2.95. The average Bonchev–Trinajstić information content (AvgIpc) is 1.82. The van der Waals surface area contributed by atoms with Crippen LogP contribution in [-0.2, 0) is 14.3 Å². The molecule has 0 heterocycles. The molecule has 0 saturated heterocycles. The van der Waals surface area contributed by atoms with Gasteiger partial charge in [0.2, 0.25) is 0 Å². The second-order valence-corrected chi connectivity index (χ2v) is 2.10. The summed E-state index contributed by atoms with van der Waals surface area (Å²) >= 11 is 0. The molecule has 0 aliphatic heterocycles. The fourth-order valence-corrected chi connectivity index (χ4v) is 0.304. The number of nitrogens with two attached hydrogens (primary N) is 1. The van der Waals surface area contributed by atoms with Gasteiger partial charge in [0.25, 0.3) is 0 Å². The molecule has 0 spiro atoms. The van der Waals surface area contributed by atoms with Crippen LogP contribution in [0, 0.1) is 0 Å². The van der Waals surface area contributed by atoms with Gasteiger partial charge in [0, 0.05) is 0 Å². The Labute approximate surface area is 59.3 Å². The Morgan fingerprint density at radius 3 is 2.40 bits per heavy atom. The number of rotatable bonds is 3. The molecule has 4 nitrogen and oxygen atoms in total. The van der Waals surface area contributed by atoms with Crippen LogP contribution in [0.4, 0.5) is 0 Å². The lowest BCUT2D eigenvalue weighted by molar-refractivity contribution is -0.148. The first-order valence-corrected chi connectivity index (χ1v) is 2.95. The molecule has 0 aromatic carbocycles. The van der Waals surface area contributed by atoms with Crippen LogP contribution in [0.1, 0.15) is 13.8 Å². The van der Waals surface area contributed by atoms with Crippen molar-refractivity contribution >= 4 is 11.8 Å². The van der Waals surface area contributed by atoms with Crippen molar-refractivity contribution in [1.29, 1.82) is 0 Å². The van der Waals surface area contributed by atoms with Gasteiger partial charge in [-0.3, -0.25) is 9.59 Å². The number of hydrogen-bond donors (Lipinski definition) is 1. The Morgan fingerprint density at radius 2 is 2.10 bits per heavy atom. The van der Waals surface area contributed by atoms with Gasteiger partial charge in [-0.2, -0.15) is 0 Å². The number of carbonyl (C=O) groups excluding carboxylic acids is 2. The van der Waals surface area contributed by atoms with Crippen molar-refractivity contribution in [3.63, 3.8) is 0 Å². The highest BCUT2D eigenvalue weighted by atomic mass is 16.5. The van der Waals surface area contributed by atoms with E-state index >= 15 is 0 Å². The van der Waals surface area contributed by atoms with Crippen molar-refractivity contribution in [1.82, 2.24) is 0 Å². The Balaban J connectivity index is 3.50. The molecule has 0 radical (unpaired) electrons. The number of carbonyl (C=O) groups is 2. The van der Waals surface area contributed by atoms with Crippen molar-refractivity contribution in [2.75, 3.05) is 6.61 Å². The Bertz CT molecular complexity index is 142. The van der Waals surface area contributed by atoms with Crippen LogP contribution >= 0.6 is 0 Å². The zero-order valence-corrected chi connectivity index (χ0v) is 6.09. The van der Waals surface area contributed by atoms with Crippen LogP contribution in [0.3, 0.4) is 0 Å². The van der Waals surface area contributed by atoms with Gasteiger partial charge in [-0.25, -0.2) is 0 Å². The number of ether oxygens (including phenoxy) is 1. The molecular weight excluding hydrogens is 134 g/mol. The highest BCUT2D eigenvalue weighted by Crippen LogP contribution is 1.83. The molecule has 0 aromatic rings. The number of esters is 1. The van der Waals surface area contributed by atoms with E-state index in [1.165, 1.54) is 13.8 Å². The molecule has 2 N–H and O–H groups in total. The molecule has 1 atom stereocenters. The van der Waals surface area contributed by atoms with Crippen molar-refractivity contribution in [2.45, 2.75) is 19.9 Å². The predicted molar refractivity (Wildman–Crippen MR) is 35.3 cm³/mol. The minimum absolute atomic E-state index is 0.180. The van der Waals surface area contributed by atoms with E-state index in [-0.39, 0.29) is 12.4 Å². The summed E-state index contributed by atoms with van der Waals surface area (Å²) in [6.45, 7) is 2.66. The number of Topliss-reactive ketones (excluding diaryl/α,β-unsaturated/α-hetero) is 1. The molecular formula is C6H11NO3. The van der Waals surface area contributed by atoms with E-state index in [4.69, 9.17) is 5.73 Å². The third-order valence-corrected chi connectivity index (χ3v) is 0.789. The predicted octanol–water partition coefficient (Wildman–Crippen LogP) is -0.534. The zero-order chi connectivity index (χ0) is 8.15. The fourth-order valence-electron chi connectivity index (χ4n) is 0.304. The van der Waals surface area contributed by atoms with Crippen LogP contribution in [0.25, 0.3) is 0 Å². The molecule has 0 rings (SSSR count). The molecule has 0 aliphatic rings. The smallest absolute Gasteiger partial charge is 0.323 e. The molecule has 10 heavy (non-hydrogen) atoms. The Kier molecular flexibility index (Phi) is 3.64. The summed E-state index contributed by atoms with van der Waals surface area (Å²) in [6, 6.07) is -0.653. The summed E-state index contributed by atoms with van der Waals surface area (Å²) in [7, 11) is 0. The van der Waals surface area contributed by atoms with Crippen molar-refractivity contribution < 1.29 is 14.3 Å². The summed E-state index contributed by atoms with van der Waals surface area (Å²) in [5.74, 6) is -0.732. The monoisotopic (exact) mass is 145 g/mol. The molecule has 0 amide bonds. The summed E-state index contributed by atoms with van der Waals surface area (Å²) < 4.78 is 4.45. The van der Waals surface area contributed by atoms with Crippen molar-refractivity contribution in [2.24, 2.45) is 5.73 Å². The summed E-state index contributed by atoms with van der Waals surface area (Å²) in [4.78, 5) is 20.8. The van der Waals surface area contributed by atoms with Crippen molar-refractivity contribution in [3.8, 4) is 0 Å². The summed E-state index contributed by atoms with van der Waals surface area (Å²) in [5, 5.41) is 0. The molecule has 58 valence electrons. The van der Waals surface area contributed by atoms with Crippen LogP contribution in [0.5, 0.6) is 0 Å². The standard InChI is InChI=1S/C6H11NO3/c1-4(8)3-10-6(9)5(2)7/h5H,3,7H2,1-2H3. The van der Waals surface area contributed by atoms with E-state index in [0.29, 0.717) is 0 Å². The number of hydrogen-bond acceptors (Lipinski definition) is 4. The molecule has 4 heteroatoms. The van der Waals surface area contributed by atoms with Crippen molar-refractivity contribution in [3.05, 3.63) is 0 Å². The molecule has 0 saturated carbocycles. The maximum absolute atomic E-state index is 10.5. The highest BCUT2D eigenvalue weighted by Gasteiger charge is 2.08. The first kappa shape index (κ1) is 9.10. The van der Waals surface area contributed by atoms with Gasteiger partial charge < -0.3 is 10.5 Å². The third kappa shape index (κ3) is 4.03. The van der Waals surface area contributed by atoms with Gasteiger partial charge in [0.05, 0.1) is 0 Å². The second kappa shape index (κ2) is 4.00. The van der Waals surface area contributed by atoms with Crippen LogP contribution in [0.2, 0.25) is 0 Å². The van der Waals surface area contributed by atoms with E-state index in [1.807, 2.05) is 0 Å². The van der Waals surface area contributed by atoms with E-state index in [2.05, 4.69) is 4.74 Å². The van der Waals surface area contributed by atoms with Gasteiger partial charge in [0.1, 0.15) is 12.6 Å². The zero-order valence-electron chi connectivity index (χ0n) is 6.09.